The van der Waals surface area contributed by atoms with Crippen LogP contribution in [-0.2, 0) is 0 Å². The Balaban J connectivity index is 1.95. The molecule has 0 aromatic heterocycles. The number of anilines is 1. The van der Waals surface area contributed by atoms with Gasteiger partial charge in [0, 0.05) is 9.61 Å². The van der Waals surface area contributed by atoms with Crippen molar-refractivity contribution in [3.8, 4) is 0 Å². The average Bonchev–Trinajstić information content (AvgIpc) is 2.29. The fraction of sp³-hybridized carbons (Fsp3) is 0.562. The minimum atomic E-state index is -0.275. The number of hydrogen-bond donors (Lipinski definition) is 2. The van der Waals surface area contributed by atoms with E-state index in [-0.39, 0.29) is 5.82 Å². The third-order valence-corrected chi connectivity index (χ3v) is 4.79. The van der Waals surface area contributed by atoms with Crippen LogP contribution >= 0.6 is 34.8 Å². The summed E-state index contributed by atoms with van der Waals surface area (Å²) in [6.07, 6.45) is 3.45. The van der Waals surface area contributed by atoms with Gasteiger partial charge in [0.1, 0.15) is 5.82 Å². The Morgan fingerprint density at radius 3 is 2.71 bits per heavy atom. The lowest BCUT2D eigenvalue weighted by molar-refractivity contribution is 0.162. The highest BCUT2D eigenvalue weighted by atomic mass is 127. The van der Waals surface area contributed by atoms with Crippen molar-refractivity contribution in [1.82, 2.24) is 5.32 Å². The molecule has 1 aromatic carbocycles. The fourth-order valence-electron chi connectivity index (χ4n) is 3.39. The summed E-state index contributed by atoms with van der Waals surface area (Å²) in [7, 11) is 0. The summed E-state index contributed by atoms with van der Waals surface area (Å²) in [4.78, 5) is 0. The van der Waals surface area contributed by atoms with Gasteiger partial charge in [-0.05, 0) is 83.6 Å². The standard InChI is InChI=1S/C16H22FIN2S/c1-10-6-12(9-16(2,3)8-10)19-15(21)20-14-5-4-11(18)7-13(14)17/h4-5,7,10,12H,6,8-9H2,1-3H3,(H2,19,20,21). The minimum absolute atomic E-state index is 0.275. The Kier molecular flexibility index (Phi) is 5.46. The predicted octanol–water partition coefficient (Wildman–Crippen LogP) is 4.93. The van der Waals surface area contributed by atoms with E-state index in [2.05, 4.69) is 54.0 Å². The molecule has 0 aliphatic heterocycles. The second-order valence-electron chi connectivity index (χ2n) is 6.83. The normalized spacial score (nSPS) is 24.4. The van der Waals surface area contributed by atoms with Crippen LogP contribution in [0.4, 0.5) is 10.1 Å². The molecule has 0 heterocycles. The monoisotopic (exact) mass is 420 g/mol. The average molecular weight is 420 g/mol. The molecule has 2 nitrogen and oxygen atoms in total. The summed E-state index contributed by atoms with van der Waals surface area (Å²) >= 11 is 7.42. The second-order valence-corrected chi connectivity index (χ2v) is 8.49. The maximum Gasteiger partial charge on any atom is 0.171 e. The first kappa shape index (κ1) is 16.9. The van der Waals surface area contributed by atoms with Gasteiger partial charge in [0.25, 0.3) is 0 Å². The summed E-state index contributed by atoms with van der Waals surface area (Å²) in [5.41, 5.74) is 0.759. The first-order chi connectivity index (χ1) is 9.75. The molecule has 0 radical (unpaired) electrons. The number of hydrogen-bond acceptors (Lipinski definition) is 1. The van der Waals surface area contributed by atoms with Crippen molar-refractivity contribution in [2.45, 2.75) is 46.1 Å². The summed E-state index contributed by atoms with van der Waals surface area (Å²) in [5.74, 6) is 0.410. The summed E-state index contributed by atoms with van der Waals surface area (Å²) in [6, 6.07) is 5.44. The molecule has 0 bridgehead atoms. The van der Waals surface area contributed by atoms with Gasteiger partial charge in [-0.3, -0.25) is 0 Å². The Morgan fingerprint density at radius 1 is 1.38 bits per heavy atom. The Bertz CT molecular complexity index is 533. The van der Waals surface area contributed by atoms with Crippen LogP contribution in [0.15, 0.2) is 18.2 Å². The highest BCUT2D eigenvalue weighted by Gasteiger charge is 2.32. The summed E-state index contributed by atoms with van der Waals surface area (Å²) in [6.45, 7) is 6.88. The lowest BCUT2D eigenvalue weighted by Gasteiger charge is -2.39. The first-order valence-corrected chi connectivity index (χ1v) is 8.76. The van der Waals surface area contributed by atoms with E-state index >= 15 is 0 Å². The van der Waals surface area contributed by atoms with Gasteiger partial charge in [-0.1, -0.05) is 20.8 Å². The van der Waals surface area contributed by atoms with E-state index in [1.807, 2.05) is 6.07 Å². The maximum atomic E-state index is 13.8. The third kappa shape index (κ3) is 5.06. The zero-order valence-electron chi connectivity index (χ0n) is 12.7. The van der Waals surface area contributed by atoms with Crippen molar-refractivity contribution in [3.05, 3.63) is 27.6 Å². The van der Waals surface area contributed by atoms with Gasteiger partial charge in [-0.15, -0.1) is 0 Å². The SMILES string of the molecule is CC1CC(NC(=S)Nc2ccc(I)cc2F)CC(C)(C)C1. The highest BCUT2D eigenvalue weighted by molar-refractivity contribution is 14.1. The molecule has 116 valence electrons. The van der Waals surface area contributed by atoms with Crippen LogP contribution in [0.25, 0.3) is 0 Å². The van der Waals surface area contributed by atoms with E-state index in [1.165, 1.54) is 12.5 Å². The molecule has 2 atom stereocenters. The van der Waals surface area contributed by atoms with E-state index in [0.29, 0.717) is 28.2 Å². The molecule has 21 heavy (non-hydrogen) atoms. The number of benzene rings is 1. The molecule has 1 fully saturated rings. The smallest absolute Gasteiger partial charge is 0.171 e. The molecule has 2 N–H and O–H groups in total. The zero-order valence-corrected chi connectivity index (χ0v) is 15.6. The molecule has 1 saturated carbocycles. The number of halogens is 2. The van der Waals surface area contributed by atoms with Crippen LogP contribution in [0.1, 0.15) is 40.0 Å². The largest absolute Gasteiger partial charge is 0.360 e. The van der Waals surface area contributed by atoms with Gasteiger partial charge >= 0.3 is 0 Å². The van der Waals surface area contributed by atoms with Crippen LogP contribution < -0.4 is 10.6 Å². The van der Waals surface area contributed by atoms with Crippen LogP contribution in [-0.4, -0.2) is 11.2 Å². The molecular formula is C16H22FIN2S. The fourth-order valence-corrected chi connectivity index (χ4v) is 4.12. The third-order valence-electron chi connectivity index (χ3n) is 3.90. The van der Waals surface area contributed by atoms with E-state index in [1.54, 1.807) is 6.07 Å². The molecule has 2 rings (SSSR count). The van der Waals surface area contributed by atoms with E-state index < -0.39 is 0 Å². The Morgan fingerprint density at radius 2 is 2.10 bits per heavy atom. The molecule has 1 aromatic rings. The molecule has 0 spiro atoms. The number of rotatable bonds is 2. The van der Waals surface area contributed by atoms with Crippen LogP contribution in [0, 0.1) is 20.7 Å². The lowest BCUT2D eigenvalue weighted by atomic mass is 9.71. The second kappa shape index (κ2) is 6.77. The van der Waals surface area contributed by atoms with Crippen molar-refractivity contribution in [2.75, 3.05) is 5.32 Å². The molecule has 0 saturated heterocycles. The molecule has 2 unspecified atom stereocenters. The summed E-state index contributed by atoms with van der Waals surface area (Å²) in [5, 5.41) is 6.82. The van der Waals surface area contributed by atoms with Gasteiger partial charge in [0.15, 0.2) is 5.11 Å². The van der Waals surface area contributed by atoms with Crippen molar-refractivity contribution >= 4 is 45.6 Å². The Hall–Kier alpha value is -0.430. The van der Waals surface area contributed by atoms with Gasteiger partial charge in [0.2, 0.25) is 0 Å². The molecule has 0 amide bonds. The Labute approximate surface area is 145 Å². The van der Waals surface area contributed by atoms with Crippen LogP contribution in [0.3, 0.4) is 0 Å². The topological polar surface area (TPSA) is 24.1 Å². The van der Waals surface area contributed by atoms with E-state index in [9.17, 15) is 4.39 Å². The quantitative estimate of drug-likeness (QED) is 0.524. The lowest BCUT2D eigenvalue weighted by Crippen LogP contribution is -2.44. The zero-order chi connectivity index (χ0) is 15.6. The number of thiocarbonyl (C=S) groups is 1. The molecule has 1 aliphatic rings. The molecule has 1 aliphatic carbocycles. The van der Waals surface area contributed by atoms with Crippen LogP contribution in [0.2, 0.25) is 0 Å². The number of nitrogens with one attached hydrogen (secondary N) is 2. The van der Waals surface area contributed by atoms with Gasteiger partial charge in [-0.2, -0.15) is 0 Å². The van der Waals surface area contributed by atoms with Crippen LogP contribution in [0.5, 0.6) is 0 Å². The van der Waals surface area contributed by atoms with Crippen molar-refractivity contribution in [2.24, 2.45) is 11.3 Å². The van der Waals surface area contributed by atoms with Crippen molar-refractivity contribution in [1.29, 1.82) is 0 Å². The van der Waals surface area contributed by atoms with Gasteiger partial charge in [-0.25, -0.2) is 4.39 Å². The minimum Gasteiger partial charge on any atom is -0.360 e. The van der Waals surface area contributed by atoms with Crippen molar-refractivity contribution in [3.63, 3.8) is 0 Å². The summed E-state index contributed by atoms with van der Waals surface area (Å²) < 4.78 is 14.7. The van der Waals surface area contributed by atoms with Crippen molar-refractivity contribution < 1.29 is 4.39 Å². The molecule has 5 heteroatoms. The first-order valence-electron chi connectivity index (χ1n) is 7.28. The van der Waals surface area contributed by atoms with Gasteiger partial charge in [0.05, 0.1) is 5.69 Å². The maximum absolute atomic E-state index is 13.8. The highest BCUT2D eigenvalue weighted by Crippen LogP contribution is 2.38. The van der Waals surface area contributed by atoms with E-state index in [0.717, 1.165) is 16.4 Å². The predicted molar refractivity (Wildman–Crippen MR) is 99.1 cm³/mol. The van der Waals surface area contributed by atoms with E-state index in [4.69, 9.17) is 12.2 Å². The molecular weight excluding hydrogens is 398 g/mol. The van der Waals surface area contributed by atoms with Gasteiger partial charge < -0.3 is 10.6 Å².